The fourth-order valence-electron chi connectivity index (χ4n) is 5.09. The van der Waals surface area contributed by atoms with Gasteiger partial charge in [-0.15, -0.1) is 0 Å². The van der Waals surface area contributed by atoms with Gasteiger partial charge >= 0.3 is 0 Å². The zero-order valence-corrected chi connectivity index (χ0v) is 21.4. The van der Waals surface area contributed by atoms with Crippen LogP contribution in [0.5, 0.6) is 11.5 Å². The van der Waals surface area contributed by atoms with Crippen LogP contribution in [0.25, 0.3) is 11.8 Å². The summed E-state index contributed by atoms with van der Waals surface area (Å²) in [4.78, 5) is 19.6. The standard InChI is InChI=1S/C29H23ClN2O3S/c1-34-23-14-11-17(15-24(23)35-2)16-25-28(33)32-27(20-9-5-6-10-22(20)30)21-13-12-18-7-3-4-8-19(18)26(21)31-29(32)36-25/h3-11,14-16,27H,12-13H2,1-2H3. The maximum atomic E-state index is 13.9. The molecule has 36 heavy (non-hydrogen) atoms. The summed E-state index contributed by atoms with van der Waals surface area (Å²) < 4.78 is 13.2. The number of rotatable bonds is 4. The normalized spacial score (nSPS) is 16.6. The molecule has 0 amide bonds. The lowest BCUT2D eigenvalue weighted by atomic mass is 9.83. The zero-order chi connectivity index (χ0) is 24.8. The molecule has 1 aromatic heterocycles. The second-order valence-electron chi connectivity index (χ2n) is 8.75. The first kappa shape index (κ1) is 22.8. The van der Waals surface area contributed by atoms with Crippen LogP contribution in [-0.4, -0.2) is 18.8 Å². The Hall–Kier alpha value is -3.61. The summed E-state index contributed by atoms with van der Waals surface area (Å²) in [6.45, 7) is 0. The van der Waals surface area contributed by atoms with Crippen molar-refractivity contribution in [1.29, 1.82) is 0 Å². The minimum Gasteiger partial charge on any atom is -0.493 e. The number of hydrogen-bond donors (Lipinski definition) is 0. The molecule has 0 fully saturated rings. The minimum atomic E-state index is -0.300. The van der Waals surface area contributed by atoms with Crippen LogP contribution in [0.3, 0.4) is 0 Å². The fourth-order valence-corrected chi connectivity index (χ4v) is 6.33. The van der Waals surface area contributed by atoms with Crippen LogP contribution in [0.2, 0.25) is 5.02 Å². The van der Waals surface area contributed by atoms with E-state index in [0.29, 0.717) is 25.9 Å². The van der Waals surface area contributed by atoms with E-state index in [1.807, 2.05) is 59.2 Å². The minimum absolute atomic E-state index is 0.0798. The van der Waals surface area contributed by atoms with Crippen molar-refractivity contribution in [2.24, 2.45) is 4.99 Å². The third-order valence-electron chi connectivity index (χ3n) is 6.78. The molecule has 0 saturated carbocycles. The van der Waals surface area contributed by atoms with Crippen LogP contribution >= 0.6 is 22.9 Å². The number of aryl methyl sites for hydroxylation is 1. The average Bonchev–Trinajstić information content (AvgIpc) is 3.22. The van der Waals surface area contributed by atoms with Crippen molar-refractivity contribution in [3.63, 3.8) is 0 Å². The summed E-state index contributed by atoms with van der Waals surface area (Å²) in [5.74, 6) is 1.25. The molecule has 1 unspecified atom stereocenters. The molecule has 7 heteroatoms. The number of hydrogen-bond acceptors (Lipinski definition) is 5. The highest BCUT2D eigenvalue weighted by molar-refractivity contribution is 7.07. The number of fused-ring (bicyclic) bond motifs is 3. The molecule has 180 valence electrons. The van der Waals surface area contributed by atoms with E-state index in [4.69, 9.17) is 26.1 Å². The van der Waals surface area contributed by atoms with E-state index in [1.165, 1.54) is 16.9 Å². The number of halogens is 1. The summed E-state index contributed by atoms with van der Waals surface area (Å²) >= 11 is 8.10. The Balaban J connectivity index is 1.60. The smallest absolute Gasteiger partial charge is 0.271 e. The first-order valence-corrected chi connectivity index (χ1v) is 12.9. The first-order chi connectivity index (χ1) is 17.6. The van der Waals surface area contributed by atoms with Crippen LogP contribution in [0, 0.1) is 0 Å². The van der Waals surface area contributed by atoms with Crippen LogP contribution in [0.4, 0.5) is 0 Å². The van der Waals surface area contributed by atoms with Crippen molar-refractivity contribution in [2.75, 3.05) is 14.2 Å². The number of aromatic nitrogens is 1. The number of ether oxygens (including phenoxy) is 2. The maximum absolute atomic E-state index is 13.9. The molecular weight excluding hydrogens is 492 g/mol. The molecule has 5 nitrogen and oxygen atoms in total. The van der Waals surface area contributed by atoms with Gasteiger partial charge in [-0.25, -0.2) is 4.99 Å². The largest absolute Gasteiger partial charge is 0.493 e. The Labute approximate surface area is 217 Å². The molecule has 0 N–H and O–H groups in total. The Morgan fingerprint density at radius 1 is 1.00 bits per heavy atom. The van der Waals surface area contributed by atoms with E-state index in [-0.39, 0.29) is 11.6 Å². The van der Waals surface area contributed by atoms with Gasteiger partial charge in [-0.3, -0.25) is 9.36 Å². The van der Waals surface area contributed by atoms with E-state index in [1.54, 1.807) is 14.2 Å². The van der Waals surface area contributed by atoms with E-state index in [9.17, 15) is 4.79 Å². The molecule has 0 bridgehead atoms. The first-order valence-electron chi connectivity index (χ1n) is 11.7. The van der Waals surface area contributed by atoms with Gasteiger partial charge in [-0.1, -0.05) is 71.5 Å². The molecule has 1 aliphatic heterocycles. The topological polar surface area (TPSA) is 52.8 Å². The number of benzene rings is 3. The lowest BCUT2D eigenvalue weighted by molar-refractivity contribution is 0.355. The van der Waals surface area contributed by atoms with Crippen molar-refractivity contribution in [3.8, 4) is 11.5 Å². The molecular formula is C29H23ClN2O3S. The molecule has 6 rings (SSSR count). The van der Waals surface area contributed by atoms with Gasteiger partial charge in [0.25, 0.3) is 5.56 Å². The van der Waals surface area contributed by atoms with E-state index >= 15 is 0 Å². The second-order valence-corrected chi connectivity index (χ2v) is 10.2. The molecule has 1 atom stereocenters. The lowest BCUT2D eigenvalue weighted by Crippen LogP contribution is -2.38. The average molecular weight is 515 g/mol. The molecule has 2 aliphatic rings. The van der Waals surface area contributed by atoms with Gasteiger partial charge in [0, 0.05) is 10.6 Å². The van der Waals surface area contributed by atoms with Crippen molar-refractivity contribution in [1.82, 2.24) is 4.57 Å². The highest BCUT2D eigenvalue weighted by Gasteiger charge is 2.33. The third kappa shape index (κ3) is 3.69. The van der Waals surface area contributed by atoms with Crippen LogP contribution in [0.1, 0.15) is 34.7 Å². The summed E-state index contributed by atoms with van der Waals surface area (Å²) in [5.41, 5.74) is 6.19. The van der Waals surface area contributed by atoms with Crippen molar-refractivity contribution < 1.29 is 9.47 Å². The van der Waals surface area contributed by atoms with E-state index in [0.717, 1.165) is 40.8 Å². The predicted molar refractivity (Wildman–Crippen MR) is 144 cm³/mol. The van der Waals surface area contributed by atoms with Gasteiger partial charge in [-0.05, 0) is 59.4 Å². The Kier molecular flexibility index (Phi) is 5.78. The van der Waals surface area contributed by atoms with Crippen molar-refractivity contribution in [2.45, 2.75) is 18.9 Å². The maximum Gasteiger partial charge on any atom is 0.271 e. The summed E-state index contributed by atoms with van der Waals surface area (Å²) in [7, 11) is 3.20. The Morgan fingerprint density at radius 3 is 2.58 bits per heavy atom. The molecule has 0 radical (unpaired) electrons. The molecule has 0 saturated heterocycles. The summed E-state index contributed by atoms with van der Waals surface area (Å²) in [6.07, 6.45) is 3.61. The monoisotopic (exact) mass is 514 g/mol. The number of allylic oxidation sites excluding steroid dienone is 1. The van der Waals surface area contributed by atoms with E-state index in [2.05, 4.69) is 18.2 Å². The van der Waals surface area contributed by atoms with Crippen LogP contribution in [-0.2, 0) is 6.42 Å². The van der Waals surface area contributed by atoms with Gasteiger partial charge < -0.3 is 9.47 Å². The van der Waals surface area contributed by atoms with Crippen LogP contribution in [0.15, 0.2) is 82.1 Å². The number of methoxy groups -OCH3 is 2. The van der Waals surface area contributed by atoms with Crippen molar-refractivity contribution in [3.05, 3.63) is 119 Å². The van der Waals surface area contributed by atoms with Gasteiger partial charge in [-0.2, -0.15) is 0 Å². The third-order valence-corrected chi connectivity index (χ3v) is 8.11. The fraction of sp³-hybridized carbons (Fsp3) is 0.172. The van der Waals surface area contributed by atoms with Gasteiger partial charge in [0.15, 0.2) is 16.3 Å². The quantitative estimate of drug-likeness (QED) is 0.385. The van der Waals surface area contributed by atoms with Gasteiger partial charge in [0.2, 0.25) is 0 Å². The summed E-state index contributed by atoms with van der Waals surface area (Å²) in [5, 5.41) is 0.643. The van der Waals surface area contributed by atoms with Crippen molar-refractivity contribution >= 4 is 34.7 Å². The van der Waals surface area contributed by atoms with Crippen LogP contribution < -0.4 is 24.4 Å². The Bertz CT molecular complexity index is 1720. The molecule has 3 aromatic carbocycles. The summed E-state index contributed by atoms with van der Waals surface area (Å²) in [6, 6.07) is 21.5. The predicted octanol–water partition coefficient (Wildman–Crippen LogP) is 4.99. The SMILES string of the molecule is COc1ccc(C=c2sc3n(c2=O)C(c2ccccc2Cl)C2=C(N=3)c3ccccc3CC2)cc1OC. The lowest BCUT2D eigenvalue weighted by Gasteiger charge is -2.31. The van der Waals surface area contributed by atoms with Gasteiger partial charge in [0.1, 0.15) is 0 Å². The Morgan fingerprint density at radius 2 is 1.78 bits per heavy atom. The molecule has 2 heterocycles. The number of thiazole rings is 1. The molecule has 0 spiro atoms. The molecule has 4 aromatic rings. The van der Waals surface area contributed by atoms with Gasteiger partial charge in [0.05, 0.1) is 30.5 Å². The molecule has 1 aliphatic carbocycles. The zero-order valence-electron chi connectivity index (χ0n) is 19.8. The highest BCUT2D eigenvalue weighted by Crippen LogP contribution is 2.42. The number of nitrogens with zero attached hydrogens (tertiary/aromatic N) is 2. The highest BCUT2D eigenvalue weighted by atomic mass is 35.5. The second kappa shape index (κ2) is 9.12. The van der Waals surface area contributed by atoms with E-state index < -0.39 is 0 Å².